The van der Waals surface area contributed by atoms with Crippen molar-refractivity contribution in [3.8, 4) is 5.75 Å². The van der Waals surface area contributed by atoms with Crippen LogP contribution in [0.1, 0.15) is 43.0 Å². The van der Waals surface area contributed by atoms with Gasteiger partial charge in [0.05, 0.1) is 18.8 Å². The number of benzene rings is 1. The van der Waals surface area contributed by atoms with Crippen LogP contribution in [-0.4, -0.2) is 50.1 Å². The Morgan fingerprint density at radius 2 is 1.86 bits per heavy atom. The standard InChI is InChI=1S/C18H27NO3/c1-2-17(20)16-8-4-5-9-18(16)22-15-14-21-13-12-19-10-6-3-7-11-19/h4-5,8-9H,2-3,6-7,10-15H2,1H3. The Morgan fingerprint density at radius 3 is 2.64 bits per heavy atom. The largest absolute Gasteiger partial charge is 0.490 e. The molecule has 1 saturated heterocycles. The van der Waals surface area contributed by atoms with Gasteiger partial charge in [-0.3, -0.25) is 4.79 Å². The summed E-state index contributed by atoms with van der Waals surface area (Å²) in [6.45, 7) is 7.06. The van der Waals surface area contributed by atoms with Gasteiger partial charge in [0, 0.05) is 13.0 Å². The van der Waals surface area contributed by atoms with E-state index >= 15 is 0 Å². The summed E-state index contributed by atoms with van der Waals surface area (Å²) in [5, 5.41) is 0. The van der Waals surface area contributed by atoms with E-state index < -0.39 is 0 Å². The lowest BCUT2D eigenvalue weighted by atomic mass is 10.1. The van der Waals surface area contributed by atoms with E-state index in [-0.39, 0.29) is 5.78 Å². The quantitative estimate of drug-likeness (QED) is 0.519. The van der Waals surface area contributed by atoms with Gasteiger partial charge in [0.25, 0.3) is 0 Å². The number of nitrogens with zero attached hydrogens (tertiary/aromatic N) is 1. The molecule has 122 valence electrons. The predicted molar refractivity (Wildman–Crippen MR) is 87.7 cm³/mol. The predicted octanol–water partition coefficient (Wildman–Crippen LogP) is 3.16. The molecule has 22 heavy (non-hydrogen) atoms. The van der Waals surface area contributed by atoms with Crippen molar-refractivity contribution < 1.29 is 14.3 Å². The zero-order valence-electron chi connectivity index (χ0n) is 13.6. The van der Waals surface area contributed by atoms with Crippen molar-refractivity contribution >= 4 is 5.78 Å². The SMILES string of the molecule is CCC(=O)c1ccccc1OCCOCCN1CCCCC1. The van der Waals surface area contributed by atoms with Gasteiger partial charge in [0.2, 0.25) is 0 Å². The topological polar surface area (TPSA) is 38.8 Å². The lowest BCUT2D eigenvalue weighted by molar-refractivity contribution is 0.0744. The number of hydrogen-bond acceptors (Lipinski definition) is 4. The average Bonchev–Trinajstić information content (AvgIpc) is 2.58. The lowest BCUT2D eigenvalue weighted by Crippen LogP contribution is -2.32. The lowest BCUT2D eigenvalue weighted by Gasteiger charge is -2.26. The van der Waals surface area contributed by atoms with E-state index in [4.69, 9.17) is 9.47 Å². The molecule has 0 radical (unpaired) electrons. The number of para-hydroxylation sites is 1. The summed E-state index contributed by atoms with van der Waals surface area (Å²) in [4.78, 5) is 14.3. The number of rotatable bonds is 9. The van der Waals surface area contributed by atoms with Crippen LogP contribution in [0.25, 0.3) is 0 Å². The average molecular weight is 305 g/mol. The summed E-state index contributed by atoms with van der Waals surface area (Å²) in [7, 11) is 0. The maximum absolute atomic E-state index is 11.8. The van der Waals surface area contributed by atoms with Gasteiger partial charge in [-0.25, -0.2) is 0 Å². The maximum Gasteiger partial charge on any atom is 0.166 e. The fourth-order valence-electron chi connectivity index (χ4n) is 2.70. The highest BCUT2D eigenvalue weighted by molar-refractivity contribution is 5.98. The molecule has 0 bridgehead atoms. The molecule has 2 rings (SSSR count). The van der Waals surface area contributed by atoms with Gasteiger partial charge >= 0.3 is 0 Å². The van der Waals surface area contributed by atoms with Crippen molar-refractivity contribution in [1.82, 2.24) is 4.90 Å². The van der Waals surface area contributed by atoms with Crippen LogP contribution in [0.15, 0.2) is 24.3 Å². The van der Waals surface area contributed by atoms with Crippen LogP contribution in [0.2, 0.25) is 0 Å². The molecule has 0 aliphatic carbocycles. The molecule has 1 aromatic rings. The molecule has 0 spiro atoms. The van der Waals surface area contributed by atoms with Crippen molar-refractivity contribution in [1.29, 1.82) is 0 Å². The van der Waals surface area contributed by atoms with Crippen molar-refractivity contribution in [2.75, 3.05) is 39.5 Å². The number of piperidine rings is 1. The number of carbonyl (C=O) groups is 1. The molecule has 0 saturated carbocycles. The van der Waals surface area contributed by atoms with Gasteiger partial charge in [-0.2, -0.15) is 0 Å². The summed E-state index contributed by atoms with van der Waals surface area (Å²) in [5.41, 5.74) is 0.665. The Labute approximate surface area is 133 Å². The maximum atomic E-state index is 11.8. The van der Waals surface area contributed by atoms with Gasteiger partial charge in [-0.05, 0) is 38.1 Å². The van der Waals surface area contributed by atoms with E-state index in [0.717, 1.165) is 13.2 Å². The summed E-state index contributed by atoms with van der Waals surface area (Å²) in [6, 6.07) is 7.42. The minimum absolute atomic E-state index is 0.113. The Kier molecular flexibility index (Phi) is 7.40. The minimum Gasteiger partial charge on any atom is -0.490 e. The second-order valence-corrected chi connectivity index (χ2v) is 5.64. The summed E-state index contributed by atoms with van der Waals surface area (Å²) in [6.07, 6.45) is 4.48. The van der Waals surface area contributed by atoms with Gasteiger partial charge in [-0.15, -0.1) is 0 Å². The van der Waals surface area contributed by atoms with Crippen LogP contribution >= 0.6 is 0 Å². The third-order valence-electron chi connectivity index (χ3n) is 3.99. The highest BCUT2D eigenvalue weighted by Gasteiger charge is 2.10. The van der Waals surface area contributed by atoms with Gasteiger partial charge in [0.15, 0.2) is 5.78 Å². The van der Waals surface area contributed by atoms with Crippen molar-refractivity contribution in [3.63, 3.8) is 0 Å². The monoisotopic (exact) mass is 305 g/mol. The van der Waals surface area contributed by atoms with Crippen LogP contribution in [0.3, 0.4) is 0 Å². The van der Waals surface area contributed by atoms with E-state index in [1.807, 2.05) is 31.2 Å². The Bertz CT molecular complexity index is 455. The molecule has 0 aromatic heterocycles. The van der Waals surface area contributed by atoms with E-state index in [9.17, 15) is 4.79 Å². The fraction of sp³-hybridized carbons (Fsp3) is 0.611. The highest BCUT2D eigenvalue weighted by Crippen LogP contribution is 2.19. The van der Waals surface area contributed by atoms with Crippen LogP contribution in [0.4, 0.5) is 0 Å². The van der Waals surface area contributed by atoms with Gasteiger partial charge in [-0.1, -0.05) is 25.5 Å². The first kappa shape index (κ1) is 17.0. The first-order chi connectivity index (χ1) is 10.8. The molecule has 0 unspecified atom stereocenters. The first-order valence-corrected chi connectivity index (χ1v) is 8.36. The van der Waals surface area contributed by atoms with Crippen LogP contribution in [0.5, 0.6) is 5.75 Å². The number of hydrogen-bond donors (Lipinski definition) is 0. The Hall–Kier alpha value is -1.39. The molecule has 4 heteroatoms. The number of Topliss-reactive ketones (excluding diaryl/α,β-unsaturated/α-hetero) is 1. The van der Waals surface area contributed by atoms with Crippen molar-refractivity contribution in [2.24, 2.45) is 0 Å². The number of carbonyl (C=O) groups excluding carboxylic acids is 1. The molecule has 0 amide bonds. The van der Waals surface area contributed by atoms with Crippen molar-refractivity contribution in [2.45, 2.75) is 32.6 Å². The summed E-state index contributed by atoms with van der Waals surface area (Å²) < 4.78 is 11.3. The summed E-state index contributed by atoms with van der Waals surface area (Å²) >= 11 is 0. The third kappa shape index (κ3) is 5.43. The molecule has 1 aliphatic rings. The number of ketones is 1. The van der Waals surface area contributed by atoms with Gasteiger partial charge < -0.3 is 14.4 Å². The fourth-order valence-corrected chi connectivity index (χ4v) is 2.70. The zero-order valence-corrected chi connectivity index (χ0v) is 13.6. The third-order valence-corrected chi connectivity index (χ3v) is 3.99. The molecule has 0 N–H and O–H groups in total. The van der Waals surface area contributed by atoms with Gasteiger partial charge in [0.1, 0.15) is 12.4 Å². The Morgan fingerprint density at radius 1 is 1.09 bits per heavy atom. The van der Waals surface area contributed by atoms with Crippen LogP contribution in [-0.2, 0) is 4.74 Å². The van der Waals surface area contributed by atoms with Crippen LogP contribution < -0.4 is 4.74 Å². The first-order valence-electron chi connectivity index (χ1n) is 8.36. The minimum atomic E-state index is 0.113. The normalized spacial score (nSPS) is 15.7. The molecular formula is C18H27NO3. The van der Waals surface area contributed by atoms with Crippen LogP contribution in [0, 0.1) is 0 Å². The number of likely N-dealkylation sites (tertiary alicyclic amines) is 1. The smallest absolute Gasteiger partial charge is 0.166 e. The van der Waals surface area contributed by atoms with E-state index in [1.54, 1.807) is 0 Å². The second kappa shape index (κ2) is 9.59. The van der Waals surface area contributed by atoms with E-state index in [0.29, 0.717) is 30.9 Å². The summed E-state index contributed by atoms with van der Waals surface area (Å²) in [5.74, 6) is 0.774. The molecular weight excluding hydrogens is 278 g/mol. The second-order valence-electron chi connectivity index (χ2n) is 5.64. The number of ether oxygens (including phenoxy) is 2. The zero-order chi connectivity index (χ0) is 15.6. The molecule has 1 fully saturated rings. The molecule has 0 atom stereocenters. The Balaban J connectivity index is 1.63. The molecule has 1 aromatic carbocycles. The highest BCUT2D eigenvalue weighted by atomic mass is 16.5. The van der Waals surface area contributed by atoms with E-state index in [2.05, 4.69) is 4.90 Å². The molecule has 4 nitrogen and oxygen atoms in total. The van der Waals surface area contributed by atoms with E-state index in [1.165, 1.54) is 32.4 Å². The van der Waals surface area contributed by atoms with Crippen molar-refractivity contribution in [3.05, 3.63) is 29.8 Å². The molecule has 1 aliphatic heterocycles. The molecule has 1 heterocycles.